The molecule has 0 fully saturated rings. The molecule has 0 saturated carbocycles. The van der Waals surface area contributed by atoms with Crippen LogP contribution in [0.15, 0.2) is 0 Å². The van der Waals surface area contributed by atoms with E-state index in [0.29, 0.717) is 29.9 Å². The summed E-state index contributed by atoms with van der Waals surface area (Å²) in [4.78, 5) is 8.95. The van der Waals surface area contributed by atoms with Crippen LogP contribution in [-0.4, -0.2) is 22.1 Å². The van der Waals surface area contributed by atoms with Crippen LogP contribution >= 0.6 is 0 Å². The Kier molecular flexibility index (Phi) is 5.20. The highest BCUT2D eigenvalue weighted by Crippen LogP contribution is 2.30. The largest absolute Gasteiger partial charge is 0.476 e. The van der Waals surface area contributed by atoms with Crippen molar-refractivity contribution in [2.24, 2.45) is 5.92 Å². The van der Waals surface area contributed by atoms with Gasteiger partial charge in [-0.25, -0.2) is 4.98 Å². The Morgan fingerprint density at radius 2 is 1.75 bits per heavy atom. The van der Waals surface area contributed by atoms with E-state index in [1.807, 2.05) is 0 Å². The molecule has 1 aromatic rings. The summed E-state index contributed by atoms with van der Waals surface area (Å²) in [6.45, 7) is 15.1. The summed E-state index contributed by atoms with van der Waals surface area (Å²) in [7, 11) is 0. The first-order valence-electron chi connectivity index (χ1n) is 7.18. The quantitative estimate of drug-likeness (QED) is 0.864. The standard InChI is InChI=1S/C15H28N4O/c1-9(2)8-20-14-11(16)13(19-15(5,6)7)17-12(18-14)10(3)4/h9-10H,8,16H2,1-7H3,(H,17,18,19). The molecule has 0 radical (unpaired) electrons. The van der Waals surface area contributed by atoms with Crippen LogP contribution in [0, 0.1) is 5.92 Å². The zero-order valence-electron chi connectivity index (χ0n) is 13.7. The van der Waals surface area contributed by atoms with Crippen LogP contribution in [0.3, 0.4) is 0 Å². The van der Waals surface area contributed by atoms with Crippen molar-refractivity contribution in [2.45, 2.75) is 59.9 Å². The average molecular weight is 280 g/mol. The molecule has 0 atom stereocenters. The maximum absolute atomic E-state index is 6.13. The zero-order chi connectivity index (χ0) is 15.5. The van der Waals surface area contributed by atoms with E-state index in [9.17, 15) is 0 Å². The van der Waals surface area contributed by atoms with Gasteiger partial charge in [-0.3, -0.25) is 0 Å². The van der Waals surface area contributed by atoms with E-state index >= 15 is 0 Å². The third kappa shape index (κ3) is 4.87. The number of hydrogen-bond donors (Lipinski definition) is 2. The van der Waals surface area contributed by atoms with Gasteiger partial charge in [0.05, 0.1) is 6.61 Å². The van der Waals surface area contributed by atoms with E-state index < -0.39 is 0 Å². The van der Waals surface area contributed by atoms with Crippen molar-refractivity contribution in [1.82, 2.24) is 9.97 Å². The van der Waals surface area contributed by atoms with Crippen LogP contribution in [0.5, 0.6) is 5.88 Å². The molecule has 114 valence electrons. The Labute approximate surface area is 122 Å². The van der Waals surface area contributed by atoms with Crippen molar-refractivity contribution in [3.8, 4) is 5.88 Å². The molecule has 5 nitrogen and oxygen atoms in total. The number of hydrogen-bond acceptors (Lipinski definition) is 5. The second kappa shape index (κ2) is 6.29. The summed E-state index contributed by atoms with van der Waals surface area (Å²) in [6, 6.07) is 0. The van der Waals surface area contributed by atoms with Crippen molar-refractivity contribution in [3.05, 3.63) is 5.82 Å². The average Bonchev–Trinajstić information content (AvgIpc) is 2.27. The highest BCUT2D eigenvalue weighted by molar-refractivity contribution is 5.67. The minimum atomic E-state index is -0.119. The minimum absolute atomic E-state index is 0.119. The van der Waals surface area contributed by atoms with Crippen molar-refractivity contribution < 1.29 is 4.74 Å². The molecule has 5 heteroatoms. The number of nitrogens with zero attached hydrogens (tertiary/aromatic N) is 2. The second-order valence-electron chi connectivity index (χ2n) is 6.88. The molecule has 0 aliphatic rings. The Morgan fingerprint density at radius 1 is 1.15 bits per heavy atom. The normalized spacial score (nSPS) is 12.1. The number of ether oxygens (including phenoxy) is 1. The van der Waals surface area contributed by atoms with Gasteiger partial charge in [-0.15, -0.1) is 0 Å². The number of anilines is 2. The van der Waals surface area contributed by atoms with Crippen molar-refractivity contribution >= 4 is 11.5 Å². The first-order chi connectivity index (χ1) is 9.10. The summed E-state index contributed by atoms with van der Waals surface area (Å²) in [6.07, 6.45) is 0. The monoisotopic (exact) mass is 280 g/mol. The first-order valence-corrected chi connectivity index (χ1v) is 7.18. The van der Waals surface area contributed by atoms with Crippen molar-refractivity contribution in [3.63, 3.8) is 0 Å². The molecule has 0 bridgehead atoms. The molecule has 1 heterocycles. The van der Waals surface area contributed by atoms with Gasteiger partial charge >= 0.3 is 0 Å². The Balaban J connectivity index is 3.15. The highest BCUT2D eigenvalue weighted by Gasteiger charge is 2.19. The first kappa shape index (κ1) is 16.5. The lowest BCUT2D eigenvalue weighted by Crippen LogP contribution is -2.28. The predicted molar refractivity (Wildman–Crippen MR) is 84.2 cm³/mol. The smallest absolute Gasteiger partial charge is 0.242 e. The van der Waals surface area contributed by atoms with Crippen LogP contribution in [0.2, 0.25) is 0 Å². The van der Waals surface area contributed by atoms with Gasteiger partial charge in [0.15, 0.2) is 5.82 Å². The lowest BCUT2D eigenvalue weighted by atomic mass is 10.1. The highest BCUT2D eigenvalue weighted by atomic mass is 16.5. The van der Waals surface area contributed by atoms with Gasteiger partial charge in [0.1, 0.15) is 11.5 Å². The van der Waals surface area contributed by atoms with Crippen LogP contribution < -0.4 is 15.8 Å². The number of nitrogens with two attached hydrogens (primary N) is 1. The number of nitrogen functional groups attached to an aromatic ring is 1. The summed E-state index contributed by atoms with van der Waals surface area (Å²) in [5.74, 6) is 2.51. The molecular formula is C15H28N4O. The van der Waals surface area contributed by atoms with Crippen LogP contribution in [-0.2, 0) is 0 Å². The molecule has 1 rings (SSSR count). The van der Waals surface area contributed by atoms with Crippen LogP contribution in [0.25, 0.3) is 0 Å². The van der Waals surface area contributed by atoms with Crippen LogP contribution in [0.4, 0.5) is 11.5 Å². The summed E-state index contributed by atoms with van der Waals surface area (Å²) in [5.41, 5.74) is 6.49. The summed E-state index contributed by atoms with van der Waals surface area (Å²) < 4.78 is 5.73. The van der Waals surface area contributed by atoms with E-state index in [0.717, 1.165) is 5.82 Å². The fourth-order valence-electron chi connectivity index (χ4n) is 1.53. The molecule has 0 unspecified atom stereocenters. The lowest BCUT2D eigenvalue weighted by molar-refractivity contribution is 0.261. The molecular weight excluding hydrogens is 252 g/mol. The molecule has 0 aliphatic carbocycles. The molecule has 20 heavy (non-hydrogen) atoms. The Bertz CT molecular complexity index is 450. The Hall–Kier alpha value is -1.52. The summed E-state index contributed by atoms with van der Waals surface area (Å²) in [5, 5.41) is 3.32. The maximum Gasteiger partial charge on any atom is 0.242 e. The second-order valence-corrected chi connectivity index (χ2v) is 6.88. The van der Waals surface area contributed by atoms with Crippen LogP contribution in [0.1, 0.15) is 60.2 Å². The molecule has 1 aromatic heterocycles. The molecule has 3 N–H and O–H groups in total. The topological polar surface area (TPSA) is 73.1 Å². The minimum Gasteiger partial charge on any atom is -0.476 e. The fourth-order valence-corrected chi connectivity index (χ4v) is 1.53. The lowest BCUT2D eigenvalue weighted by Gasteiger charge is -2.24. The SMILES string of the molecule is CC(C)COc1nc(C(C)C)nc(NC(C)(C)C)c1N. The van der Waals surface area contributed by atoms with Gasteiger partial charge in [-0.05, 0) is 26.7 Å². The van der Waals surface area contributed by atoms with Gasteiger partial charge in [0.2, 0.25) is 5.88 Å². The third-order valence-corrected chi connectivity index (χ3v) is 2.49. The number of rotatable bonds is 5. The third-order valence-electron chi connectivity index (χ3n) is 2.49. The fraction of sp³-hybridized carbons (Fsp3) is 0.733. The zero-order valence-corrected chi connectivity index (χ0v) is 13.7. The van der Waals surface area contributed by atoms with E-state index in [4.69, 9.17) is 10.5 Å². The number of aromatic nitrogens is 2. The Morgan fingerprint density at radius 3 is 2.20 bits per heavy atom. The predicted octanol–water partition coefficient (Wildman–Crippen LogP) is 3.43. The molecule has 0 aromatic carbocycles. The van der Waals surface area contributed by atoms with E-state index in [-0.39, 0.29) is 11.5 Å². The van der Waals surface area contributed by atoms with E-state index in [1.54, 1.807) is 0 Å². The van der Waals surface area contributed by atoms with Gasteiger partial charge in [0, 0.05) is 11.5 Å². The summed E-state index contributed by atoms with van der Waals surface area (Å²) >= 11 is 0. The van der Waals surface area contributed by atoms with Gasteiger partial charge in [-0.2, -0.15) is 4.98 Å². The molecule has 0 spiro atoms. The van der Waals surface area contributed by atoms with E-state index in [1.165, 1.54) is 0 Å². The molecule has 0 aliphatic heterocycles. The number of nitrogens with one attached hydrogen (secondary N) is 1. The van der Waals surface area contributed by atoms with Crippen molar-refractivity contribution in [1.29, 1.82) is 0 Å². The molecule has 0 amide bonds. The maximum atomic E-state index is 6.13. The van der Waals surface area contributed by atoms with E-state index in [2.05, 4.69) is 63.8 Å². The van der Waals surface area contributed by atoms with Gasteiger partial charge in [-0.1, -0.05) is 27.7 Å². The van der Waals surface area contributed by atoms with Gasteiger partial charge in [0.25, 0.3) is 0 Å². The molecule has 0 saturated heterocycles. The van der Waals surface area contributed by atoms with Crippen molar-refractivity contribution in [2.75, 3.05) is 17.7 Å². The van der Waals surface area contributed by atoms with Gasteiger partial charge < -0.3 is 15.8 Å².